The van der Waals surface area contributed by atoms with E-state index in [1.807, 2.05) is 0 Å². The summed E-state index contributed by atoms with van der Waals surface area (Å²) in [4.78, 5) is 0. The van der Waals surface area contributed by atoms with E-state index in [-0.39, 0.29) is 36.6 Å². The molecule has 6 nitrogen and oxygen atoms in total. The molecule has 0 bridgehead atoms. The third-order valence-electron chi connectivity index (χ3n) is 24.3. The second-order valence-electron chi connectivity index (χ2n) is 30.0. The molecule has 6 aliphatic carbocycles. The lowest BCUT2D eigenvalue weighted by atomic mass is 9.66. The van der Waals surface area contributed by atoms with Gasteiger partial charge in [-0.25, -0.2) is 0 Å². The topological polar surface area (TPSA) is 121 Å². The van der Waals surface area contributed by atoms with Gasteiger partial charge in [-0.1, -0.05) is 205 Å². The van der Waals surface area contributed by atoms with Gasteiger partial charge in [0.05, 0.1) is 36.6 Å². The monoisotopic (exact) mass is 1110 g/mol. The van der Waals surface area contributed by atoms with Crippen LogP contribution >= 0.6 is 0 Å². The third-order valence-corrected chi connectivity index (χ3v) is 24.3. The van der Waals surface area contributed by atoms with Crippen LogP contribution in [-0.2, 0) is 0 Å². The van der Waals surface area contributed by atoms with E-state index in [0.29, 0.717) is 88.8 Å². The fourth-order valence-corrected chi connectivity index (χ4v) is 16.4. The van der Waals surface area contributed by atoms with E-state index in [4.69, 9.17) is 0 Å². The zero-order valence-corrected chi connectivity index (χ0v) is 56.7. The Bertz CT molecular complexity index is 1400. The summed E-state index contributed by atoms with van der Waals surface area (Å²) in [5, 5.41) is 59.8. The number of rotatable bonds is 12. The minimum Gasteiger partial charge on any atom is -0.393 e. The molecule has 78 heavy (non-hydrogen) atoms. The van der Waals surface area contributed by atoms with Gasteiger partial charge in [0.15, 0.2) is 0 Å². The molecular formula is C72H144O6. The van der Waals surface area contributed by atoms with Crippen molar-refractivity contribution in [2.24, 2.45) is 142 Å². The Morgan fingerprint density at radius 1 is 0.269 bits per heavy atom. The first-order chi connectivity index (χ1) is 36.4. The fraction of sp³-hybridized carbons (Fsp3) is 1.00. The molecule has 30 unspecified atom stereocenters. The molecule has 0 spiro atoms. The van der Waals surface area contributed by atoms with Gasteiger partial charge in [0, 0.05) is 0 Å². The molecule has 0 aromatic heterocycles. The van der Waals surface area contributed by atoms with Gasteiger partial charge in [-0.05, 0) is 219 Å². The highest BCUT2D eigenvalue weighted by Crippen LogP contribution is 2.44. The molecular weight excluding hydrogens is 961 g/mol. The van der Waals surface area contributed by atoms with Gasteiger partial charge >= 0.3 is 0 Å². The van der Waals surface area contributed by atoms with Crippen molar-refractivity contribution in [2.75, 3.05) is 0 Å². The first kappa shape index (κ1) is 75.8. The summed E-state index contributed by atoms with van der Waals surface area (Å²) in [6.45, 7) is 54.2. The summed E-state index contributed by atoms with van der Waals surface area (Å²) < 4.78 is 0. The largest absolute Gasteiger partial charge is 0.393 e. The predicted molar refractivity (Wildman–Crippen MR) is 339 cm³/mol. The maximum atomic E-state index is 10.1. The molecule has 0 heterocycles. The number of aliphatic hydroxyl groups excluding tert-OH is 6. The van der Waals surface area contributed by atoms with Crippen molar-refractivity contribution in [1.29, 1.82) is 0 Å². The predicted octanol–water partition coefficient (Wildman–Crippen LogP) is 18.5. The summed E-state index contributed by atoms with van der Waals surface area (Å²) in [5.74, 6) is 15.8. The summed E-state index contributed by atoms with van der Waals surface area (Å²) in [6.07, 6.45) is 21.3. The highest BCUT2D eigenvalue weighted by Gasteiger charge is 2.40. The lowest BCUT2D eigenvalue weighted by Gasteiger charge is -2.41. The summed E-state index contributed by atoms with van der Waals surface area (Å²) in [6, 6.07) is 0. The van der Waals surface area contributed by atoms with Crippen LogP contribution in [0.3, 0.4) is 0 Å². The lowest BCUT2D eigenvalue weighted by molar-refractivity contribution is -0.0233. The first-order valence-electron chi connectivity index (χ1n) is 34.5. The van der Waals surface area contributed by atoms with E-state index in [1.54, 1.807) is 0 Å². The van der Waals surface area contributed by atoms with Crippen molar-refractivity contribution in [1.82, 2.24) is 0 Å². The van der Waals surface area contributed by atoms with Crippen molar-refractivity contribution in [3.8, 4) is 0 Å². The first-order valence-corrected chi connectivity index (χ1v) is 34.5. The molecule has 30 atom stereocenters. The van der Waals surface area contributed by atoms with E-state index >= 15 is 0 Å². The molecule has 6 N–H and O–H groups in total. The van der Waals surface area contributed by atoms with Gasteiger partial charge in [0.1, 0.15) is 0 Å². The number of aliphatic hydroxyl groups is 6. The van der Waals surface area contributed by atoms with Crippen molar-refractivity contribution in [3.05, 3.63) is 0 Å². The molecule has 0 aromatic carbocycles. The third kappa shape index (κ3) is 23.3. The Hall–Kier alpha value is -0.240. The van der Waals surface area contributed by atoms with Gasteiger partial charge in [-0.3, -0.25) is 0 Å². The molecule has 6 rings (SSSR count). The minimum absolute atomic E-state index is 0.0406. The highest BCUT2D eigenvalue weighted by atomic mass is 16.3. The van der Waals surface area contributed by atoms with Gasteiger partial charge in [0.25, 0.3) is 0 Å². The molecule has 0 aliphatic heterocycles. The van der Waals surface area contributed by atoms with Crippen LogP contribution in [0.15, 0.2) is 0 Å². The zero-order valence-electron chi connectivity index (χ0n) is 56.7. The molecule has 6 saturated carbocycles. The van der Waals surface area contributed by atoms with Crippen molar-refractivity contribution in [3.63, 3.8) is 0 Å². The van der Waals surface area contributed by atoms with E-state index in [0.717, 1.165) is 72.5 Å². The van der Waals surface area contributed by atoms with E-state index in [1.165, 1.54) is 96.3 Å². The maximum Gasteiger partial charge on any atom is 0.0598 e. The van der Waals surface area contributed by atoms with Crippen molar-refractivity contribution < 1.29 is 30.6 Å². The normalized spacial score (nSPS) is 43.2. The minimum atomic E-state index is -0.0623. The Kier molecular flexibility index (Phi) is 36.9. The SMILES string of the molecule is CCC(C)C1C(C)CCC(O)C1C.CCC(C)C1CC(C)C(C)CC1O.CCC(C)C1CC(C)CC(C)C1O.CCC(C)C1CC(C)CC(O)C1C.CCC(C)C1CCC(C)C(C)C1O.CCC(C)C1CCC(C)C(O)C1C. The Balaban J connectivity index is 0.000000468. The Morgan fingerprint density at radius 2 is 0.692 bits per heavy atom. The average Bonchev–Trinajstić information content (AvgIpc) is 3.41. The fourth-order valence-electron chi connectivity index (χ4n) is 16.4. The molecule has 0 aromatic rings. The van der Waals surface area contributed by atoms with Crippen LogP contribution in [0.2, 0.25) is 0 Å². The quantitative estimate of drug-likeness (QED) is 0.116. The van der Waals surface area contributed by atoms with Gasteiger partial charge in [-0.15, -0.1) is 0 Å². The molecule has 0 saturated heterocycles. The number of hydrogen-bond donors (Lipinski definition) is 6. The van der Waals surface area contributed by atoms with Crippen LogP contribution in [0.1, 0.15) is 282 Å². The van der Waals surface area contributed by atoms with Crippen LogP contribution in [-0.4, -0.2) is 67.3 Å². The summed E-state index contributed by atoms with van der Waals surface area (Å²) >= 11 is 0. The standard InChI is InChI=1S/6C12H24O/c1-5-9(3)11-6-8(2)7-12(13)10(11)4;1-5-9(3)11-7-8(2)6-10(4)12(11)13;1-5-8(2)11-6-9(3)10(4)7-12(11)13;1-5-8(2)12-9(3)6-7-11(13)10(12)4;1-5-8(2)11-7-6-9(3)12(13)10(11)4;1-5-8(2)11-7-6-9(3)10(4)12(11)13/h6*8-13H,5-7H2,1-4H3. The van der Waals surface area contributed by atoms with Crippen LogP contribution in [0.4, 0.5) is 0 Å². The molecule has 6 aliphatic rings. The summed E-state index contributed by atoms with van der Waals surface area (Å²) in [5.41, 5.74) is 0. The van der Waals surface area contributed by atoms with Crippen LogP contribution in [0, 0.1) is 142 Å². The smallest absolute Gasteiger partial charge is 0.0598 e. The van der Waals surface area contributed by atoms with Gasteiger partial charge in [-0.2, -0.15) is 0 Å². The Morgan fingerprint density at radius 3 is 1.23 bits per heavy atom. The van der Waals surface area contributed by atoms with Crippen molar-refractivity contribution in [2.45, 2.75) is 318 Å². The van der Waals surface area contributed by atoms with Crippen LogP contribution in [0.25, 0.3) is 0 Å². The van der Waals surface area contributed by atoms with Crippen LogP contribution in [0.5, 0.6) is 0 Å². The van der Waals surface area contributed by atoms with Crippen molar-refractivity contribution >= 4 is 0 Å². The number of hydrogen-bond acceptors (Lipinski definition) is 6. The maximum absolute atomic E-state index is 10.1. The second kappa shape index (κ2) is 37.9. The second-order valence-corrected chi connectivity index (χ2v) is 30.0. The summed E-state index contributed by atoms with van der Waals surface area (Å²) in [7, 11) is 0. The van der Waals surface area contributed by atoms with Crippen LogP contribution < -0.4 is 0 Å². The van der Waals surface area contributed by atoms with E-state index < -0.39 is 0 Å². The molecule has 6 heteroatoms. The van der Waals surface area contributed by atoms with E-state index in [2.05, 4.69) is 166 Å². The van der Waals surface area contributed by atoms with Gasteiger partial charge in [0.2, 0.25) is 0 Å². The van der Waals surface area contributed by atoms with E-state index in [9.17, 15) is 30.6 Å². The highest BCUT2D eigenvalue weighted by molar-refractivity contribution is 4.90. The lowest BCUT2D eigenvalue weighted by Crippen LogP contribution is -2.39. The molecule has 0 amide bonds. The van der Waals surface area contributed by atoms with Gasteiger partial charge < -0.3 is 30.6 Å². The molecule has 0 radical (unpaired) electrons. The molecule has 6 fully saturated rings. The zero-order chi connectivity index (χ0) is 60.0. The average molecular weight is 1110 g/mol. The molecule has 468 valence electrons. The Labute approximate surface area is 488 Å².